The molecule has 0 atom stereocenters. The Kier molecular flexibility index (Phi) is 9.36. The molecule has 0 saturated carbocycles. The van der Waals surface area contributed by atoms with Crippen LogP contribution in [0.25, 0.3) is 11.1 Å². The number of nitrogens with zero attached hydrogens (tertiary/aromatic N) is 2. The van der Waals surface area contributed by atoms with Crippen molar-refractivity contribution in [2.75, 3.05) is 13.7 Å². The molecular weight excluding hydrogens is 532 g/mol. The van der Waals surface area contributed by atoms with Crippen molar-refractivity contribution >= 4 is 0 Å². The van der Waals surface area contributed by atoms with Gasteiger partial charge in [-0.1, -0.05) is 79.7 Å². The maximum atomic E-state index is 12.4. The van der Waals surface area contributed by atoms with E-state index in [0.29, 0.717) is 36.9 Å². The average molecular weight is 567 g/mol. The molecular formula is C34H34N2O6. The van der Waals surface area contributed by atoms with Crippen molar-refractivity contribution in [3.8, 4) is 28.4 Å². The van der Waals surface area contributed by atoms with Gasteiger partial charge in [-0.2, -0.15) is 4.68 Å². The lowest BCUT2D eigenvalue weighted by atomic mass is 9.90. The standard InChI is InChI=1S/C34H34N2O6/c1-3-28-29(20-32-35-36(17-18-37)34(38)42-32)33(26-15-10-16-27(19-26)39-2)31(41-23-25-13-8-5-9-14-25)21-30(28)40-22-24-11-6-4-7-12-24/h4-16,19,21,37H,3,17-18,20,22-23H2,1-2H3. The van der Waals surface area contributed by atoms with Gasteiger partial charge in [0.25, 0.3) is 0 Å². The van der Waals surface area contributed by atoms with Crippen molar-refractivity contribution < 1.29 is 23.7 Å². The maximum absolute atomic E-state index is 12.4. The van der Waals surface area contributed by atoms with E-state index < -0.39 is 5.76 Å². The highest BCUT2D eigenvalue weighted by Crippen LogP contribution is 2.43. The fraction of sp³-hybridized carbons (Fsp3) is 0.235. The molecule has 8 nitrogen and oxygen atoms in total. The summed E-state index contributed by atoms with van der Waals surface area (Å²) in [5, 5.41) is 13.7. The van der Waals surface area contributed by atoms with Gasteiger partial charge in [-0.3, -0.25) is 0 Å². The number of ether oxygens (including phenoxy) is 3. The number of aliphatic hydroxyl groups is 1. The summed E-state index contributed by atoms with van der Waals surface area (Å²) in [6.07, 6.45) is 0.866. The third-order valence-corrected chi connectivity index (χ3v) is 6.95. The first-order valence-electron chi connectivity index (χ1n) is 13.9. The molecule has 0 bridgehead atoms. The Hall–Kier alpha value is -4.82. The van der Waals surface area contributed by atoms with Crippen molar-refractivity contribution in [2.24, 2.45) is 0 Å². The number of methoxy groups -OCH3 is 1. The average Bonchev–Trinajstić information content (AvgIpc) is 3.38. The van der Waals surface area contributed by atoms with E-state index in [1.165, 1.54) is 0 Å². The highest BCUT2D eigenvalue weighted by Gasteiger charge is 2.24. The first-order valence-corrected chi connectivity index (χ1v) is 13.9. The number of rotatable bonds is 13. The van der Waals surface area contributed by atoms with Crippen LogP contribution in [0.4, 0.5) is 0 Å². The first kappa shape index (κ1) is 28.7. The van der Waals surface area contributed by atoms with Crippen LogP contribution in [0.15, 0.2) is 100 Å². The third kappa shape index (κ3) is 6.72. The van der Waals surface area contributed by atoms with Crippen molar-refractivity contribution in [1.29, 1.82) is 0 Å². The Morgan fingerprint density at radius 2 is 1.50 bits per heavy atom. The predicted octanol–water partition coefficient (Wildman–Crippen LogP) is 5.82. The summed E-state index contributed by atoms with van der Waals surface area (Å²) in [5.41, 5.74) is 5.61. The molecule has 0 spiro atoms. The number of aromatic nitrogens is 2. The van der Waals surface area contributed by atoms with Gasteiger partial charge < -0.3 is 23.7 Å². The number of hydrogen-bond acceptors (Lipinski definition) is 7. The summed E-state index contributed by atoms with van der Waals surface area (Å²) < 4.78 is 25.2. The third-order valence-electron chi connectivity index (χ3n) is 6.95. The van der Waals surface area contributed by atoms with E-state index >= 15 is 0 Å². The highest BCUT2D eigenvalue weighted by atomic mass is 16.5. The Labute approximate surface area is 244 Å². The Morgan fingerprint density at radius 3 is 2.12 bits per heavy atom. The van der Waals surface area contributed by atoms with Crippen LogP contribution in [0.3, 0.4) is 0 Å². The molecule has 0 unspecified atom stereocenters. The second-order valence-electron chi connectivity index (χ2n) is 9.72. The Balaban J connectivity index is 1.67. The van der Waals surface area contributed by atoms with E-state index in [1.54, 1.807) is 7.11 Å². The smallest absolute Gasteiger partial charge is 0.437 e. The van der Waals surface area contributed by atoms with Gasteiger partial charge in [-0.05, 0) is 46.4 Å². The SMILES string of the molecule is CCc1c(OCc2ccccc2)cc(OCc2ccccc2)c(-c2cccc(OC)c2)c1Cc1nn(CCO)c(=O)o1. The second kappa shape index (κ2) is 13.7. The fourth-order valence-corrected chi connectivity index (χ4v) is 4.93. The van der Waals surface area contributed by atoms with Crippen molar-refractivity contribution in [3.05, 3.63) is 130 Å². The molecule has 4 aromatic carbocycles. The summed E-state index contributed by atoms with van der Waals surface area (Å²) in [5.74, 6) is 1.63. The Bertz CT molecular complexity index is 1660. The summed E-state index contributed by atoms with van der Waals surface area (Å²) in [6, 6.07) is 29.7. The van der Waals surface area contributed by atoms with Crippen LogP contribution in [0.1, 0.15) is 35.1 Å². The minimum Gasteiger partial charge on any atom is -0.497 e. The molecule has 5 rings (SSSR count). The maximum Gasteiger partial charge on any atom is 0.437 e. The second-order valence-corrected chi connectivity index (χ2v) is 9.72. The van der Waals surface area contributed by atoms with Crippen molar-refractivity contribution in [2.45, 2.75) is 39.5 Å². The molecule has 0 saturated heterocycles. The van der Waals surface area contributed by atoms with E-state index in [1.807, 2.05) is 91.0 Å². The molecule has 0 fully saturated rings. The van der Waals surface area contributed by atoms with Crippen LogP contribution in [-0.4, -0.2) is 28.6 Å². The molecule has 1 heterocycles. The van der Waals surface area contributed by atoms with Crippen LogP contribution >= 0.6 is 0 Å². The molecule has 0 radical (unpaired) electrons. The van der Waals surface area contributed by atoms with Gasteiger partial charge in [-0.25, -0.2) is 4.79 Å². The van der Waals surface area contributed by atoms with Gasteiger partial charge in [0.15, 0.2) is 0 Å². The minimum atomic E-state index is -0.614. The van der Waals surface area contributed by atoms with E-state index in [0.717, 1.165) is 38.1 Å². The molecule has 8 heteroatoms. The molecule has 42 heavy (non-hydrogen) atoms. The minimum absolute atomic E-state index is 0.0529. The van der Waals surface area contributed by atoms with Gasteiger partial charge in [0.05, 0.1) is 26.7 Å². The predicted molar refractivity (Wildman–Crippen MR) is 160 cm³/mol. The Morgan fingerprint density at radius 1 is 0.833 bits per heavy atom. The van der Waals surface area contributed by atoms with Crippen LogP contribution in [0, 0.1) is 0 Å². The first-order chi connectivity index (χ1) is 20.6. The number of benzene rings is 4. The summed E-state index contributed by atoms with van der Waals surface area (Å²) >= 11 is 0. The molecule has 1 aromatic heterocycles. The lowest BCUT2D eigenvalue weighted by Gasteiger charge is -2.22. The molecule has 0 amide bonds. The molecule has 0 aliphatic rings. The van der Waals surface area contributed by atoms with Crippen molar-refractivity contribution in [3.63, 3.8) is 0 Å². The molecule has 1 N–H and O–H groups in total. The van der Waals surface area contributed by atoms with E-state index in [-0.39, 0.29) is 25.5 Å². The van der Waals surface area contributed by atoms with Gasteiger partial charge in [-0.15, -0.1) is 5.10 Å². The lowest BCUT2D eigenvalue weighted by Crippen LogP contribution is -2.17. The monoisotopic (exact) mass is 566 g/mol. The van der Waals surface area contributed by atoms with Gasteiger partial charge in [0, 0.05) is 11.6 Å². The number of aliphatic hydroxyl groups excluding tert-OH is 1. The largest absolute Gasteiger partial charge is 0.497 e. The zero-order valence-corrected chi connectivity index (χ0v) is 23.8. The normalized spacial score (nSPS) is 10.9. The van der Waals surface area contributed by atoms with Crippen molar-refractivity contribution in [1.82, 2.24) is 9.78 Å². The van der Waals surface area contributed by atoms with Gasteiger partial charge in [0.1, 0.15) is 30.5 Å². The van der Waals surface area contributed by atoms with E-state index in [2.05, 4.69) is 12.0 Å². The molecule has 0 aliphatic heterocycles. The number of hydrogen-bond donors (Lipinski definition) is 1. The zero-order chi connectivity index (χ0) is 29.3. The summed E-state index contributed by atoms with van der Waals surface area (Å²) in [4.78, 5) is 12.4. The summed E-state index contributed by atoms with van der Waals surface area (Å²) in [6.45, 7) is 2.62. The molecule has 0 aliphatic carbocycles. The summed E-state index contributed by atoms with van der Waals surface area (Å²) in [7, 11) is 1.63. The lowest BCUT2D eigenvalue weighted by molar-refractivity contribution is 0.264. The van der Waals surface area contributed by atoms with Crippen LogP contribution in [0.2, 0.25) is 0 Å². The highest BCUT2D eigenvalue weighted by molar-refractivity contribution is 5.78. The molecule has 5 aromatic rings. The quantitative estimate of drug-likeness (QED) is 0.192. The van der Waals surface area contributed by atoms with E-state index in [4.69, 9.17) is 18.6 Å². The fourth-order valence-electron chi connectivity index (χ4n) is 4.93. The van der Waals surface area contributed by atoms with Gasteiger partial charge in [0.2, 0.25) is 5.89 Å². The van der Waals surface area contributed by atoms with E-state index in [9.17, 15) is 9.90 Å². The van der Waals surface area contributed by atoms with Crippen LogP contribution in [-0.2, 0) is 32.6 Å². The zero-order valence-electron chi connectivity index (χ0n) is 23.8. The molecule has 216 valence electrons. The van der Waals surface area contributed by atoms with Crippen LogP contribution < -0.4 is 20.0 Å². The van der Waals surface area contributed by atoms with Crippen LogP contribution in [0.5, 0.6) is 17.2 Å². The topological polar surface area (TPSA) is 96.0 Å². The van der Waals surface area contributed by atoms with Gasteiger partial charge >= 0.3 is 5.76 Å².